The molecule has 0 aliphatic carbocycles. The maximum Gasteiger partial charge on any atom is 0.303 e. The molecule has 16 heavy (non-hydrogen) atoms. The van der Waals surface area contributed by atoms with Crippen LogP contribution < -0.4 is 0 Å². The Hall–Kier alpha value is -1.06. The molecular weight excluding hydrogens is 256 g/mol. The molecule has 96 valence electrons. The maximum absolute atomic E-state index is 9.37. The molecule has 0 rings (SSSR count). The van der Waals surface area contributed by atoms with Crippen LogP contribution in [0.2, 0.25) is 0 Å². The standard InChI is InChI=1S/3C3H6O2.Cr/c3*1-2-3(4)5;/h3*2H2,1H3,(H,4,5);. The van der Waals surface area contributed by atoms with Gasteiger partial charge in [-0.1, -0.05) is 20.8 Å². The summed E-state index contributed by atoms with van der Waals surface area (Å²) in [5.41, 5.74) is 0. The summed E-state index contributed by atoms with van der Waals surface area (Å²) in [5.74, 6) is -2.24. The largest absolute Gasteiger partial charge is 0.481 e. The number of hydrogen-bond acceptors (Lipinski definition) is 3. The van der Waals surface area contributed by atoms with E-state index in [0.29, 0.717) is 0 Å². The Morgan fingerprint density at radius 1 is 0.688 bits per heavy atom. The van der Waals surface area contributed by atoms with Gasteiger partial charge in [-0.2, -0.15) is 0 Å². The minimum Gasteiger partial charge on any atom is -0.481 e. The molecule has 0 heterocycles. The van der Waals surface area contributed by atoms with Crippen LogP contribution in [-0.4, -0.2) is 33.2 Å². The molecular formula is C9H18CrO6. The second-order valence-electron chi connectivity index (χ2n) is 2.24. The first-order valence-electron chi connectivity index (χ1n) is 4.47. The van der Waals surface area contributed by atoms with Gasteiger partial charge in [-0.3, -0.25) is 14.4 Å². The van der Waals surface area contributed by atoms with E-state index >= 15 is 0 Å². The van der Waals surface area contributed by atoms with Crippen molar-refractivity contribution in [2.24, 2.45) is 0 Å². The van der Waals surface area contributed by atoms with Gasteiger partial charge in [-0.15, -0.1) is 0 Å². The molecule has 3 N–H and O–H groups in total. The summed E-state index contributed by atoms with van der Waals surface area (Å²) >= 11 is 0. The second kappa shape index (κ2) is 19.5. The number of aliphatic carboxylic acids is 3. The molecule has 6 nitrogen and oxygen atoms in total. The number of rotatable bonds is 3. The third kappa shape index (κ3) is 75.6. The molecule has 0 aromatic rings. The topological polar surface area (TPSA) is 112 Å². The van der Waals surface area contributed by atoms with Crippen molar-refractivity contribution in [1.29, 1.82) is 0 Å². The average molecular weight is 274 g/mol. The maximum atomic E-state index is 9.37. The quantitative estimate of drug-likeness (QED) is 0.718. The van der Waals surface area contributed by atoms with Gasteiger partial charge in [0.1, 0.15) is 0 Å². The predicted molar refractivity (Wildman–Crippen MR) is 53.8 cm³/mol. The van der Waals surface area contributed by atoms with Crippen LogP contribution in [0.3, 0.4) is 0 Å². The number of hydrogen-bond donors (Lipinski definition) is 3. The van der Waals surface area contributed by atoms with E-state index < -0.39 is 17.9 Å². The van der Waals surface area contributed by atoms with Gasteiger partial charge >= 0.3 is 17.9 Å². The van der Waals surface area contributed by atoms with Crippen LogP contribution >= 0.6 is 0 Å². The van der Waals surface area contributed by atoms with E-state index in [9.17, 15) is 14.4 Å². The summed E-state index contributed by atoms with van der Waals surface area (Å²) in [5, 5.41) is 23.2. The van der Waals surface area contributed by atoms with Crippen molar-refractivity contribution in [2.75, 3.05) is 0 Å². The fraction of sp³-hybridized carbons (Fsp3) is 0.667. The number of carboxylic acid groups (broad SMARTS) is 3. The zero-order chi connectivity index (χ0) is 12.9. The summed E-state index contributed by atoms with van der Waals surface area (Å²) < 4.78 is 0. The first-order valence-corrected chi connectivity index (χ1v) is 4.47. The van der Waals surface area contributed by atoms with Gasteiger partial charge in [0.15, 0.2) is 0 Å². The Labute approximate surface area is 105 Å². The fourth-order valence-corrected chi connectivity index (χ4v) is 0. The molecule has 0 unspecified atom stereocenters. The summed E-state index contributed by atoms with van der Waals surface area (Å²) in [7, 11) is 0. The van der Waals surface area contributed by atoms with Crippen molar-refractivity contribution in [1.82, 2.24) is 0 Å². The summed E-state index contributed by atoms with van der Waals surface area (Å²) in [6, 6.07) is 0. The Morgan fingerprint density at radius 3 is 0.750 bits per heavy atom. The summed E-state index contributed by atoms with van der Waals surface area (Å²) in [4.78, 5) is 28.1. The molecule has 0 spiro atoms. The number of carboxylic acids is 3. The van der Waals surface area contributed by atoms with Crippen molar-refractivity contribution in [3.05, 3.63) is 0 Å². The van der Waals surface area contributed by atoms with Crippen molar-refractivity contribution in [3.63, 3.8) is 0 Å². The molecule has 0 saturated carbocycles. The van der Waals surface area contributed by atoms with Gasteiger partial charge in [-0.05, 0) is 0 Å². The third-order valence-electron chi connectivity index (χ3n) is 0.907. The molecule has 7 heteroatoms. The van der Waals surface area contributed by atoms with Crippen LogP contribution in [0.25, 0.3) is 0 Å². The van der Waals surface area contributed by atoms with Crippen LogP contribution in [0.1, 0.15) is 40.0 Å². The summed E-state index contributed by atoms with van der Waals surface area (Å²) in [6.45, 7) is 4.80. The van der Waals surface area contributed by atoms with Gasteiger partial charge in [0.25, 0.3) is 0 Å². The van der Waals surface area contributed by atoms with Crippen molar-refractivity contribution < 1.29 is 47.1 Å². The van der Waals surface area contributed by atoms with Crippen LogP contribution in [0.15, 0.2) is 0 Å². The minimum absolute atomic E-state index is 0. The van der Waals surface area contributed by atoms with Crippen LogP contribution in [-0.2, 0) is 31.7 Å². The Morgan fingerprint density at radius 2 is 0.750 bits per heavy atom. The van der Waals surface area contributed by atoms with Gasteiger partial charge < -0.3 is 15.3 Å². The molecule has 0 bridgehead atoms. The molecule has 0 atom stereocenters. The van der Waals surface area contributed by atoms with Gasteiger partial charge in [0.2, 0.25) is 0 Å². The predicted octanol–water partition coefficient (Wildman–Crippen LogP) is 1.44. The zero-order valence-corrected chi connectivity index (χ0v) is 10.9. The van der Waals surface area contributed by atoms with Gasteiger partial charge in [0, 0.05) is 36.6 Å². The summed E-state index contributed by atoms with van der Waals surface area (Å²) in [6.07, 6.45) is 0.667. The zero-order valence-electron chi connectivity index (χ0n) is 9.60. The molecule has 0 amide bonds. The van der Waals surface area contributed by atoms with Crippen LogP contribution in [0.5, 0.6) is 0 Å². The molecule has 0 fully saturated rings. The molecule has 0 aliphatic rings. The average Bonchev–Trinajstić information content (AvgIpc) is 2.19. The molecule has 0 radical (unpaired) electrons. The first-order chi connectivity index (χ1) is 6.81. The second-order valence-corrected chi connectivity index (χ2v) is 2.24. The molecule has 0 aromatic heterocycles. The number of carbonyl (C=O) groups is 3. The smallest absolute Gasteiger partial charge is 0.303 e. The van der Waals surface area contributed by atoms with Crippen LogP contribution in [0, 0.1) is 0 Å². The van der Waals surface area contributed by atoms with E-state index in [1.807, 2.05) is 0 Å². The Kier molecular flexibility index (Phi) is 29.6. The van der Waals surface area contributed by atoms with E-state index in [1.165, 1.54) is 0 Å². The van der Waals surface area contributed by atoms with Crippen molar-refractivity contribution in [3.8, 4) is 0 Å². The minimum atomic E-state index is -0.745. The molecule has 0 saturated heterocycles. The Bertz CT molecular complexity index is 159. The SMILES string of the molecule is CCC(=O)O.CCC(=O)O.CCC(=O)O.[Cr]. The first kappa shape index (κ1) is 24.3. The van der Waals surface area contributed by atoms with E-state index in [4.69, 9.17) is 15.3 Å². The molecule has 0 aliphatic heterocycles. The monoisotopic (exact) mass is 274 g/mol. The third-order valence-corrected chi connectivity index (χ3v) is 0.907. The van der Waals surface area contributed by atoms with E-state index in [1.54, 1.807) is 20.8 Å². The van der Waals surface area contributed by atoms with Crippen molar-refractivity contribution in [2.45, 2.75) is 40.0 Å². The molecule has 0 aromatic carbocycles. The fourth-order valence-electron chi connectivity index (χ4n) is 0. The van der Waals surface area contributed by atoms with E-state index in [-0.39, 0.29) is 36.6 Å². The van der Waals surface area contributed by atoms with Crippen molar-refractivity contribution >= 4 is 17.9 Å². The van der Waals surface area contributed by atoms with Crippen LogP contribution in [0.4, 0.5) is 0 Å². The van der Waals surface area contributed by atoms with E-state index in [2.05, 4.69) is 0 Å². The van der Waals surface area contributed by atoms with Gasteiger partial charge in [0.05, 0.1) is 0 Å². The van der Waals surface area contributed by atoms with E-state index in [0.717, 1.165) is 0 Å². The normalized spacial score (nSPS) is 6.94. The van der Waals surface area contributed by atoms with Gasteiger partial charge in [-0.25, -0.2) is 0 Å². The Balaban J connectivity index is -0.0000000655.